The third kappa shape index (κ3) is 4.26. The van der Waals surface area contributed by atoms with Crippen LogP contribution < -0.4 is 14.4 Å². The third-order valence-corrected chi connectivity index (χ3v) is 8.46. The van der Waals surface area contributed by atoms with Crippen molar-refractivity contribution in [3.8, 4) is 17.4 Å². The molecule has 1 saturated heterocycles. The normalized spacial score (nSPS) is 18.3. The minimum absolute atomic E-state index is 0.0250. The van der Waals surface area contributed by atoms with Gasteiger partial charge in [-0.15, -0.1) is 0 Å². The molecule has 0 N–H and O–H groups in total. The summed E-state index contributed by atoms with van der Waals surface area (Å²) < 4.78 is 11.5. The van der Waals surface area contributed by atoms with E-state index in [-0.39, 0.29) is 23.7 Å². The van der Waals surface area contributed by atoms with Gasteiger partial charge < -0.3 is 19.3 Å². The molecule has 2 aromatic heterocycles. The number of para-hydroxylation sites is 1. The number of anilines is 1. The SMILES string of the molecule is COc1ccc2nc(CC(=O)N3CC4(CCN(C(C)=O)C4)c4cc(Oc5ccccc5C)ccc43)sc2n1. The molecule has 1 atom stereocenters. The van der Waals surface area contributed by atoms with Gasteiger partial charge in [-0.1, -0.05) is 29.5 Å². The fraction of sp³-hybridized carbons (Fsp3) is 0.310. The molecule has 2 aromatic carbocycles. The summed E-state index contributed by atoms with van der Waals surface area (Å²) in [5.41, 5.74) is 3.40. The smallest absolute Gasteiger partial charge is 0.233 e. The Hall–Kier alpha value is -3.98. The number of aryl methyl sites for hydroxylation is 1. The van der Waals surface area contributed by atoms with Gasteiger partial charge in [-0.25, -0.2) is 9.97 Å². The number of amides is 2. The lowest BCUT2D eigenvalue weighted by Gasteiger charge is -2.25. The van der Waals surface area contributed by atoms with Gasteiger partial charge in [0.1, 0.15) is 26.9 Å². The van der Waals surface area contributed by atoms with E-state index < -0.39 is 0 Å². The zero-order valence-electron chi connectivity index (χ0n) is 21.6. The number of carbonyl (C=O) groups excluding carboxylic acids is 2. The summed E-state index contributed by atoms with van der Waals surface area (Å²) in [5.74, 6) is 2.07. The number of ether oxygens (including phenoxy) is 2. The maximum atomic E-state index is 13.7. The van der Waals surface area contributed by atoms with Crippen LogP contribution in [0.4, 0.5) is 5.69 Å². The molecule has 0 aliphatic carbocycles. The molecule has 2 aliphatic rings. The van der Waals surface area contributed by atoms with Gasteiger partial charge in [0.2, 0.25) is 17.7 Å². The molecule has 8 nitrogen and oxygen atoms in total. The van der Waals surface area contributed by atoms with Crippen molar-refractivity contribution in [2.24, 2.45) is 0 Å². The van der Waals surface area contributed by atoms with E-state index in [0.29, 0.717) is 30.5 Å². The van der Waals surface area contributed by atoms with Gasteiger partial charge in [0.05, 0.1) is 13.5 Å². The Kier molecular flexibility index (Phi) is 6.03. The van der Waals surface area contributed by atoms with Gasteiger partial charge in [0.25, 0.3) is 0 Å². The number of fused-ring (bicyclic) bond motifs is 3. The van der Waals surface area contributed by atoms with Crippen LogP contribution in [0.3, 0.4) is 0 Å². The van der Waals surface area contributed by atoms with Crippen molar-refractivity contribution >= 4 is 39.2 Å². The minimum atomic E-state index is -0.329. The van der Waals surface area contributed by atoms with Gasteiger partial charge >= 0.3 is 0 Å². The Balaban J connectivity index is 1.32. The summed E-state index contributed by atoms with van der Waals surface area (Å²) in [6, 6.07) is 17.5. The second kappa shape index (κ2) is 9.40. The number of hydrogen-bond donors (Lipinski definition) is 0. The number of hydrogen-bond acceptors (Lipinski definition) is 7. The molecule has 38 heavy (non-hydrogen) atoms. The molecule has 1 spiro atoms. The average molecular weight is 529 g/mol. The number of carbonyl (C=O) groups is 2. The summed E-state index contributed by atoms with van der Waals surface area (Å²) in [6.45, 7) is 5.39. The first-order chi connectivity index (χ1) is 18.3. The zero-order valence-corrected chi connectivity index (χ0v) is 22.4. The highest BCUT2D eigenvalue weighted by Gasteiger charge is 2.49. The van der Waals surface area contributed by atoms with Crippen molar-refractivity contribution in [1.82, 2.24) is 14.9 Å². The molecule has 194 valence electrons. The number of methoxy groups -OCH3 is 1. The Bertz CT molecular complexity index is 1570. The number of benzene rings is 2. The Morgan fingerprint density at radius 1 is 1.08 bits per heavy atom. The second-order valence-corrected chi connectivity index (χ2v) is 11.0. The molecule has 0 radical (unpaired) electrons. The highest BCUT2D eigenvalue weighted by Crippen LogP contribution is 2.48. The van der Waals surface area contributed by atoms with Crippen molar-refractivity contribution in [1.29, 1.82) is 0 Å². The zero-order chi connectivity index (χ0) is 26.4. The lowest BCUT2D eigenvalue weighted by Crippen LogP contribution is -2.40. The van der Waals surface area contributed by atoms with Crippen molar-refractivity contribution < 1.29 is 19.1 Å². The quantitative estimate of drug-likeness (QED) is 0.367. The fourth-order valence-corrected chi connectivity index (χ4v) is 6.40. The summed E-state index contributed by atoms with van der Waals surface area (Å²) in [7, 11) is 1.58. The largest absolute Gasteiger partial charge is 0.481 e. The summed E-state index contributed by atoms with van der Waals surface area (Å²) in [4.78, 5) is 39.5. The molecular weight excluding hydrogens is 500 g/mol. The van der Waals surface area contributed by atoms with Crippen molar-refractivity contribution in [3.63, 3.8) is 0 Å². The molecule has 0 bridgehead atoms. The third-order valence-electron chi connectivity index (χ3n) is 7.50. The first-order valence-electron chi connectivity index (χ1n) is 12.6. The van der Waals surface area contributed by atoms with E-state index in [2.05, 4.69) is 9.97 Å². The number of rotatable bonds is 5. The van der Waals surface area contributed by atoms with Crippen LogP contribution in [0.2, 0.25) is 0 Å². The van der Waals surface area contributed by atoms with Crippen molar-refractivity contribution in [3.05, 3.63) is 70.7 Å². The molecule has 4 heterocycles. The van der Waals surface area contributed by atoms with E-state index >= 15 is 0 Å². The van der Waals surface area contributed by atoms with E-state index in [1.807, 2.05) is 65.3 Å². The number of thiazole rings is 1. The van der Waals surface area contributed by atoms with Crippen molar-refractivity contribution in [2.45, 2.75) is 32.1 Å². The van der Waals surface area contributed by atoms with Crippen LogP contribution in [0.25, 0.3) is 10.3 Å². The molecule has 6 rings (SSSR count). The fourth-order valence-electron chi connectivity index (χ4n) is 5.48. The molecule has 1 unspecified atom stereocenters. The van der Waals surface area contributed by atoms with E-state index in [4.69, 9.17) is 9.47 Å². The maximum Gasteiger partial charge on any atom is 0.233 e. The van der Waals surface area contributed by atoms with Crippen LogP contribution in [0.15, 0.2) is 54.6 Å². The summed E-state index contributed by atoms with van der Waals surface area (Å²) in [5, 5.41) is 0.713. The van der Waals surface area contributed by atoms with Gasteiger partial charge in [-0.3, -0.25) is 9.59 Å². The maximum absolute atomic E-state index is 13.7. The van der Waals surface area contributed by atoms with Crippen LogP contribution in [-0.4, -0.2) is 53.4 Å². The van der Waals surface area contributed by atoms with Gasteiger partial charge in [-0.05, 0) is 54.8 Å². The number of nitrogens with zero attached hydrogens (tertiary/aromatic N) is 4. The number of pyridine rings is 1. The van der Waals surface area contributed by atoms with Gasteiger partial charge in [0.15, 0.2) is 0 Å². The second-order valence-electron chi connectivity index (χ2n) is 9.96. The molecule has 2 amide bonds. The summed E-state index contributed by atoms with van der Waals surface area (Å²) in [6.07, 6.45) is 0.971. The molecular formula is C29H28N4O4S. The molecule has 4 aromatic rings. The highest BCUT2D eigenvalue weighted by molar-refractivity contribution is 7.18. The lowest BCUT2D eigenvalue weighted by molar-refractivity contribution is -0.127. The molecule has 9 heteroatoms. The van der Waals surface area contributed by atoms with Crippen LogP contribution in [0, 0.1) is 6.92 Å². The lowest BCUT2D eigenvalue weighted by atomic mass is 9.81. The Morgan fingerprint density at radius 2 is 1.92 bits per heavy atom. The number of aromatic nitrogens is 2. The minimum Gasteiger partial charge on any atom is -0.481 e. The van der Waals surface area contributed by atoms with Crippen LogP contribution in [-0.2, 0) is 21.4 Å². The van der Waals surface area contributed by atoms with Crippen molar-refractivity contribution in [2.75, 3.05) is 31.6 Å². The average Bonchev–Trinajstić information content (AvgIpc) is 3.61. The van der Waals surface area contributed by atoms with Crippen LogP contribution in [0.1, 0.15) is 29.5 Å². The Morgan fingerprint density at radius 3 is 2.68 bits per heavy atom. The first kappa shape index (κ1) is 24.4. The van der Waals surface area contributed by atoms with Gasteiger partial charge in [0, 0.05) is 43.7 Å². The predicted octanol–water partition coefficient (Wildman–Crippen LogP) is 4.88. The van der Waals surface area contributed by atoms with Crippen LogP contribution >= 0.6 is 11.3 Å². The Labute approximate surface area is 224 Å². The van der Waals surface area contributed by atoms with E-state index in [0.717, 1.165) is 45.1 Å². The van der Waals surface area contributed by atoms with Crippen LogP contribution in [0.5, 0.6) is 17.4 Å². The number of likely N-dealkylation sites (tertiary alicyclic amines) is 1. The highest BCUT2D eigenvalue weighted by atomic mass is 32.1. The van der Waals surface area contributed by atoms with Gasteiger partial charge in [-0.2, -0.15) is 0 Å². The predicted molar refractivity (Wildman–Crippen MR) is 146 cm³/mol. The molecule has 0 saturated carbocycles. The van der Waals surface area contributed by atoms with E-state index in [9.17, 15) is 9.59 Å². The first-order valence-corrected chi connectivity index (χ1v) is 13.4. The summed E-state index contributed by atoms with van der Waals surface area (Å²) >= 11 is 1.41. The monoisotopic (exact) mass is 528 g/mol. The van der Waals surface area contributed by atoms with E-state index in [1.165, 1.54) is 11.3 Å². The molecule has 1 fully saturated rings. The van der Waals surface area contributed by atoms with E-state index in [1.54, 1.807) is 20.1 Å². The molecule has 2 aliphatic heterocycles. The standard InChI is InChI=1S/C29H28N4O4S/c1-18-6-4-5-7-24(18)37-20-8-10-23-21(14-20)29(12-13-32(16-29)19(2)34)17-33(23)27(35)15-26-30-22-9-11-25(36-3)31-28(22)38-26/h4-11,14H,12-13,15-17H2,1-3H3. The topological polar surface area (TPSA) is 84.9 Å².